The van der Waals surface area contributed by atoms with E-state index in [4.69, 9.17) is 17.3 Å². The number of aryl methyl sites for hydroxylation is 1. The van der Waals surface area contributed by atoms with Crippen LogP contribution in [0.3, 0.4) is 0 Å². The quantitative estimate of drug-likeness (QED) is 0.877. The zero-order valence-electron chi connectivity index (χ0n) is 11.1. The van der Waals surface area contributed by atoms with Gasteiger partial charge >= 0.3 is 0 Å². The largest absolute Gasteiger partial charge is 0.325 e. The van der Waals surface area contributed by atoms with E-state index in [-0.39, 0.29) is 23.7 Å². The van der Waals surface area contributed by atoms with Gasteiger partial charge < -0.3 is 11.1 Å². The fraction of sp³-hybridized carbons (Fsp3) is 0.462. The average molecular weight is 291 g/mol. The maximum atomic E-state index is 11.9. The number of rotatable bonds is 2. The van der Waals surface area contributed by atoms with Gasteiger partial charge in [-0.2, -0.15) is 0 Å². The molecule has 0 unspecified atom stereocenters. The van der Waals surface area contributed by atoms with E-state index < -0.39 is 6.04 Å². The molecule has 0 heterocycles. The number of hydrogen-bond acceptors (Lipinski definition) is 2. The second-order valence-corrected chi connectivity index (χ2v) is 5.70. The average Bonchev–Trinajstić information content (AvgIpc) is 2.21. The Balaban J connectivity index is 0.00000289. The van der Waals surface area contributed by atoms with Crippen LogP contribution in [0, 0.1) is 12.3 Å². The summed E-state index contributed by atoms with van der Waals surface area (Å²) < 4.78 is 0. The molecule has 0 aliphatic carbocycles. The molecule has 1 atom stereocenters. The van der Waals surface area contributed by atoms with Crippen molar-refractivity contribution in [2.24, 2.45) is 11.1 Å². The molecule has 1 rings (SSSR count). The van der Waals surface area contributed by atoms with Gasteiger partial charge in [-0.15, -0.1) is 12.4 Å². The highest BCUT2D eigenvalue weighted by molar-refractivity contribution is 6.31. The second-order valence-electron chi connectivity index (χ2n) is 5.30. The van der Waals surface area contributed by atoms with Crippen molar-refractivity contribution in [3.8, 4) is 0 Å². The van der Waals surface area contributed by atoms with Gasteiger partial charge in [0.1, 0.15) is 0 Å². The molecule has 0 bridgehead atoms. The molecular weight excluding hydrogens is 271 g/mol. The maximum Gasteiger partial charge on any atom is 0.241 e. The maximum absolute atomic E-state index is 11.9. The van der Waals surface area contributed by atoms with Crippen molar-refractivity contribution in [2.75, 3.05) is 5.32 Å². The van der Waals surface area contributed by atoms with E-state index in [0.717, 1.165) is 5.56 Å². The van der Waals surface area contributed by atoms with Crippen LogP contribution in [0.15, 0.2) is 18.2 Å². The molecule has 0 spiro atoms. The molecule has 18 heavy (non-hydrogen) atoms. The van der Waals surface area contributed by atoms with Crippen LogP contribution in [0.4, 0.5) is 5.69 Å². The molecule has 0 aliphatic heterocycles. The first-order valence-electron chi connectivity index (χ1n) is 5.54. The standard InChI is InChI=1S/C13H19ClN2O.ClH/c1-8-5-6-9(7-10(8)14)16-12(17)11(15)13(2,3)4;/h5-7,11H,15H2,1-4H3,(H,16,17);1H/t11-;/m1./s1. The molecule has 0 radical (unpaired) electrons. The van der Waals surface area contributed by atoms with E-state index in [1.54, 1.807) is 6.07 Å². The molecular formula is C13H20Cl2N2O. The predicted molar refractivity (Wildman–Crippen MR) is 79.5 cm³/mol. The summed E-state index contributed by atoms with van der Waals surface area (Å²) >= 11 is 5.98. The minimum atomic E-state index is -0.553. The van der Waals surface area contributed by atoms with E-state index in [9.17, 15) is 4.79 Å². The van der Waals surface area contributed by atoms with Gasteiger partial charge in [0.05, 0.1) is 6.04 Å². The van der Waals surface area contributed by atoms with Crippen LogP contribution in [0.2, 0.25) is 5.02 Å². The molecule has 5 heteroatoms. The zero-order chi connectivity index (χ0) is 13.2. The third-order valence-electron chi connectivity index (χ3n) is 2.65. The Labute approximate surface area is 119 Å². The lowest BCUT2D eigenvalue weighted by molar-refractivity contribution is -0.119. The molecule has 0 saturated carbocycles. The highest BCUT2D eigenvalue weighted by atomic mass is 35.5. The van der Waals surface area contributed by atoms with Crippen molar-refractivity contribution in [3.05, 3.63) is 28.8 Å². The highest BCUT2D eigenvalue weighted by Gasteiger charge is 2.27. The third kappa shape index (κ3) is 4.48. The molecule has 0 aromatic heterocycles. The molecule has 1 aromatic carbocycles. The minimum absolute atomic E-state index is 0. The Hall–Kier alpha value is -0.770. The van der Waals surface area contributed by atoms with Gasteiger partial charge in [-0.3, -0.25) is 4.79 Å². The fourth-order valence-corrected chi connectivity index (χ4v) is 1.46. The lowest BCUT2D eigenvalue weighted by Crippen LogP contribution is -2.45. The molecule has 102 valence electrons. The van der Waals surface area contributed by atoms with Crippen molar-refractivity contribution in [1.82, 2.24) is 0 Å². The van der Waals surface area contributed by atoms with Crippen molar-refractivity contribution in [1.29, 1.82) is 0 Å². The van der Waals surface area contributed by atoms with Gasteiger partial charge in [-0.25, -0.2) is 0 Å². The summed E-state index contributed by atoms with van der Waals surface area (Å²) in [5.74, 6) is -0.197. The minimum Gasteiger partial charge on any atom is -0.325 e. The Bertz CT molecular complexity index is 427. The second kappa shape index (κ2) is 6.41. The smallest absolute Gasteiger partial charge is 0.241 e. The molecule has 3 N–H and O–H groups in total. The van der Waals surface area contributed by atoms with Crippen molar-refractivity contribution < 1.29 is 4.79 Å². The van der Waals surface area contributed by atoms with Crippen LogP contribution in [-0.4, -0.2) is 11.9 Å². The SMILES string of the molecule is Cc1ccc(NC(=O)[C@@H](N)C(C)(C)C)cc1Cl.Cl. The van der Waals surface area contributed by atoms with Gasteiger partial charge in [-0.05, 0) is 30.0 Å². The van der Waals surface area contributed by atoms with Crippen LogP contribution < -0.4 is 11.1 Å². The molecule has 1 amide bonds. The lowest BCUT2D eigenvalue weighted by Gasteiger charge is -2.25. The molecule has 0 aliphatic rings. The summed E-state index contributed by atoms with van der Waals surface area (Å²) in [7, 11) is 0. The van der Waals surface area contributed by atoms with E-state index in [1.807, 2.05) is 39.8 Å². The van der Waals surface area contributed by atoms with Crippen LogP contribution in [0.25, 0.3) is 0 Å². The number of benzene rings is 1. The molecule has 1 aromatic rings. The van der Waals surface area contributed by atoms with Gasteiger partial charge in [0.25, 0.3) is 0 Å². The van der Waals surface area contributed by atoms with Gasteiger partial charge in [0.15, 0.2) is 0 Å². The molecule has 3 nitrogen and oxygen atoms in total. The van der Waals surface area contributed by atoms with E-state index in [2.05, 4.69) is 5.32 Å². The van der Waals surface area contributed by atoms with E-state index >= 15 is 0 Å². The summed E-state index contributed by atoms with van der Waals surface area (Å²) in [6.07, 6.45) is 0. The summed E-state index contributed by atoms with van der Waals surface area (Å²) in [6.45, 7) is 7.70. The van der Waals surface area contributed by atoms with Crippen LogP contribution in [0.1, 0.15) is 26.3 Å². The van der Waals surface area contributed by atoms with Crippen molar-refractivity contribution >= 4 is 35.6 Å². The van der Waals surface area contributed by atoms with E-state index in [1.165, 1.54) is 0 Å². The van der Waals surface area contributed by atoms with Crippen LogP contribution in [-0.2, 0) is 4.79 Å². The lowest BCUT2D eigenvalue weighted by atomic mass is 9.87. The topological polar surface area (TPSA) is 55.1 Å². The first kappa shape index (κ1) is 17.2. The number of amides is 1. The predicted octanol–water partition coefficient (Wildman–Crippen LogP) is 3.38. The Morgan fingerprint density at radius 2 is 1.94 bits per heavy atom. The van der Waals surface area contributed by atoms with Crippen molar-refractivity contribution in [2.45, 2.75) is 33.7 Å². The normalized spacial score (nSPS) is 12.6. The third-order valence-corrected chi connectivity index (χ3v) is 3.06. The van der Waals surface area contributed by atoms with Gasteiger partial charge in [0.2, 0.25) is 5.91 Å². The number of carbonyl (C=O) groups is 1. The van der Waals surface area contributed by atoms with Crippen LogP contribution in [0.5, 0.6) is 0 Å². The number of nitrogens with two attached hydrogens (primary N) is 1. The summed E-state index contributed by atoms with van der Waals surface area (Å²) in [5.41, 5.74) is 7.25. The van der Waals surface area contributed by atoms with Crippen molar-refractivity contribution in [3.63, 3.8) is 0 Å². The number of hydrogen-bond donors (Lipinski definition) is 2. The first-order valence-corrected chi connectivity index (χ1v) is 5.92. The molecule has 0 fully saturated rings. The monoisotopic (exact) mass is 290 g/mol. The first-order chi connectivity index (χ1) is 7.71. The Kier molecular flexibility index (Phi) is 6.14. The number of carbonyl (C=O) groups excluding carboxylic acids is 1. The summed E-state index contributed by atoms with van der Waals surface area (Å²) in [5, 5.41) is 3.40. The highest BCUT2D eigenvalue weighted by Crippen LogP contribution is 2.22. The molecule has 0 saturated heterocycles. The van der Waals surface area contributed by atoms with Crippen LogP contribution >= 0.6 is 24.0 Å². The number of halogens is 2. The zero-order valence-corrected chi connectivity index (χ0v) is 12.7. The Morgan fingerprint density at radius 3 is 2.39 bits per heavy atom. The van der Waals surface area contributed by atoms with Gasteiger partial charge in [0, 0.05) is 10.7 Å². The summed E-state index contributed by atoms with van der Waals surface area (Å²) in [6, 6.07) is 4.85. The van der Waals surface area contributed by atoms with E-state index in [0.29, 0.717) is 10.7 Å². The van der Waals surface area contributed by atoms with Gasteiger partial charge in [-0.1, -0.05) is 38.4 Å². The summed E-state index contributed by atoms with van der Waals surface area (Å²) in [4.78, 5) is 11.9. The fourth-order valence-electron chi connectivity index (χ4n) is 1.28. The Morgan fingerprint density at radius 1 is 1.39 bits per heavy atom. The number of anilines is 1. The number of nitrogens with one attached hydrogen (secondary N) is 1.